The van der Waals surface area contributed by atoms with E-state index in [1.807, 2.05) is 91.0 Å². The predicted molar refractivity (Wildman–Crippen MR) is 178 cm³/mol. The van der Waals surface area contributed by atoms with Crippen LogP contribution in [0.3, 0.4) is 0 Å². The third-order valence-electron chi connectivity index (χ3n) is 8.47. The van der Waals surface area contributed by atoms with Gasteiger partial charge in [-0.2, -0.15) is 0 Å². The van der Waals surface area contributed by atoms with E-state index < -0.39 is 36.6 Å². The molecule has 0 amide bonds. The molecule has 1 unspecified atom stereocenters. The minimum absolute atomic E-state index is 0.255. The van der Waals surface area contributed by atoms with Gasteiger partial charge in [0, 0.05) is 19.3 Å². The summed E-state index contributed by atoms with van der Waals surface area (Å²) >= 11 is 0. The Hall–Kier alpha value is -3.52. The van der Waals surface area contributed by atoms with Gasteiger partial charge in [0.15, 0.2) is 0 Å². The van der Waals surface area contributed by atoms with E-state index in [1.165, 1.54) is 0 Å². The van der Waals surface area contributed by atoms with Gasteiger partial charge in [0.05, 0.1) is 58.0 Å². The number of rotatable bonds is 15. The van der Waals surface area contributed by atoms with Crippen molar-refractivity contribution >= 4 is 0 Å². The number of ether oxygens (including phenoxy) is 6. The summed E-state index contributed by atoms with van der Waals surface area (Å²) in [6.07, 6.45) is -0.870. The lowest BCUT2D eigenvalue weighted by atomic mass is 9.86. The van der Waals surface area contributed by atoms with Crippen molar-refractivity contribution in [3.8, 4) is 17.6 Å². The fraction of sp³-hybridized carbons (Fsp3) is 0.436. The fourth-order valence-corrected chi connectivity index (χ4v) is 5.95. The van der Waals surface area contributed by atoms with Crippen molar-refractivity contribution in [2.75, 3.05) is 13.7 Å². The van der Waals surface area contributed by atoms with Crippen LogP contribution < -0.4 is 4.74 Å². The van der Waals surface area contributed by atoms with Crippen LogP contribution in [0.2, 0.25) is 0 Å². The first-order valence-electron chi connectivity index (χ1n) is 16.3. The molecule has 2 saturated heterocycles. The van der Waals surface area contributed by atoms with Crippen molar-refractivity contribution in [1.29, 1.82) is 0 Å². The SMILES string of the molecule is C=CC[C@@H]1O[C@@H]2C[C@H](O)[C@@H](CC#CC(O)CCOCc3ccc(OC)cc3)O[C@H]2[C@H](OCc2ccccc2)[C@H]1OCc1ccccc1. The summed E-state index contributed by atoms with van der Waals surface area (Å²) in [6.45, 7) is 5.52. The third-order valence-corrected chi connectivity index (χ3v) is 8.47. The fourth-order valence-electron chi connectivity index (χ4n) is 5.95. The molecule has 2 N–H and O–H groups in total. The second kappa shape index (κ2) is 18.1. The lowest BCUT2D eigenvalue weighted by Crippen LogP contribution is -2.64. The number of benzene rings is 3. The molecule has 3 aromatic carbocycles. The van der Waals surface area contributed by atoms with Crippen molar-refractivity contribution in [2.45, 2.75) is 94.3 Å². The number of aliphatic hydroxyl groups is 2. The molecule has 2 aliphatic rings. The van der Waals surface area contributed by atoms with E-state index in [4.69, 9.17) is 28.4 Å². The Morgan fingerprint density at radius 2 is 1.49 bits per heavy atom. The summed E-state index contributed by atoms with van der Waals surface area (Å²) in [5, 5.41) is 21.5. The Kier molecular flexibility index (Phi) is 13.4. The van der Waals surface area contributed by atoms with Crippen molar-refractivity contribution < 1.29 is 38.6 Å². The Balaban J connectivity index is 1.21. The van der Waals surface area contributed by atoms with Gasteiger partial charge < -0.3 is 38.6 Å². The first-order chi connectivity index (χ1) is 23.0. The number of hydrogen-bond donors (Lipinski definition) is 2. The van der Waals surface area contributed by atoms with E-state index in [9.17, 15) is 10.2 Å². The molecule has 3 aromatic rings. The van der Waals surface area contributed by atoms with Gasteiger partial charge in [0.25, 0.3) is 0 Å². The average molecular weight is 643 g/mol. The summed E-state index contributed by atoms with van der Waals surface area (Å²) in [4.78, 5) is 0. The first-order valence-corrected chi connectivity index (χ1v) is 16.3. The van der Waals surface area contributed by atoms with Crippen LogP contribution in [0.15, 0.2) is 97.6 Å². The number of hydrogen-bond acceptors (Lipinski definition) is 8. The van der Waals surface area contributed by atoms with E-state index in [0.29, 0.717) is 45.7 Å². The predicted octanol–water partition coefficient (Wildman–Crippen LogP) is 5.39. The maximum Gasteiger partial charge on any atom is 0.118 e. The van der Waals surface area contributed by atoms with Crippen LogP contribution in [0.4, 0.5) is 0 Å². The molecule has 8 atom stereocenters. The zero-order chi connectivity index (χ0) is 32.8. The normalized spacial score (nSPS) is 26.0. The molecule has 0 spiro atoms. The smallest absolute Gasteiger partial charge is 0.118 e. The van der Waals surface area contributed by atoms with Crippen molar-refractivity contribution in [1.82, 2.24) is 0 Å². The van der Waals surface area contributed by atoms with Crippen LogP contribution in [-0.2, 0) is 43.5 Å². The van der Waals surface area contributed by atoms with E-state index in [0.717, 1.165) is 22.4 Å². The molecule has 2 heterocycles. The molecule has 0 aliphatic carbocycles. The Morgan fingerprint density at radius 1 is 0.851 bits per heavy atom. The molecular weight excluding hydrogens is 596 g/mol. The zero-order valence-electron chi connectivity index (χ0n) is 27.0. The molecule has 47 heavy (non-hydrogen) atoms. The largest absolute Gasteiger partial charge is 0.497 e. The van der Waals surface area contributed by atoms with Gasteiger partial charge in [-0.05, 0) is 35.2 Å². The highest BCUT2D eigenvalue weighted by Gasteiger charge is 2.52. The summed E-state index contributed by atoms with van der Waals surface area (Å²) in [5.74, 6) is 6.71. The lowest BCUT2D eigenvalue weighted by Gasteiger charge is -2.50. The number of methoxy groups -OCH3 is 1. The molecule has 0 radical (unpaired) electrons. The minimum Gasteiger partial charge on any atom is -0.497 e. The van der Waals surface area contributed by atoms with Gasteiger partial charge in [-0.15, -0.1) is 6.58 Å². The molecule has 2 fully saturated rings. The molecular formula is C39H46O8. The molecule has 0 bridgehead atoms. The quantitative estimate of drug-likeness (QED) is 0.130. The van der Waals surface area contributed by atoms with Crippen LogP contribution in [0.25, 0.3) is 0 Å². The van der Waals surface area contributed by atoms with Crippen LogP contribution in [0.5, 0.6) is 5.75 Å². The monoisotopic (exact) mass is 642 g/mol. The maximum atomic E-state index is 11.1. The highest BCUT2D eigenvalue weighted by atomic mass is 16.6. The van der Waals surface area contributed by atoms with Crippen LogP contribution in [0.1, 0.15) is 42.4 Å². The summed E-state index contributed by atoms with van der Waals surface area (Å²) < 4.78 is 37.1. The van der Waals surface area contributed by atoms with Gasteiger partial charge in [-0.3, -0.25) is 0 Å². The van der Waals surface area contributed by atoms with Crippen molar-refractivity contribution in [2.24, 2.45) is 0 Å². The summed E-state index contributed by atoms with van der Waals surface area (Å²) in [6, 6.07) is 27.7. The lowest BCUT2D eigenvalue weighted by molar-refractivity contribution is -0.297. The Bertz CT molecular complexity index is 1400. The topological polar surface area (TPSA) is 95.8 Å². The molecule has 0 aromatic heterocycles. The first kappa shape index (κ1) is 34.8. The second-order valence-electron chi connectivity index (χ2n) is 11.9. The molecule has 8 nitrogen and oxygen atoms in total. The minimum atomic E-state index is -0.852. The standard InChI is InChI=1S/C39H46O8/c1-3-11-35-37(44-26-28-12-6-4-7-13-28)39(45-27-29-14-8-5-9-15-29)38-36(46-35)24-33(41)34(47-38)17-10-16-31(40)22-23-43-25-30-18-20-32(42-2)21-19-30/h3-9,12-15,18-21,31,33-41H,1,11,17,22-27H2,2H3/t31?,33-,34+,35-,36+,37-,38+,39+/m0/s1. The van der Waals surface area contributed by atoms with Gasteiger partial charge in [0.1, 0.15) is 30.2 Å². The molecule has 250 valence electrons. The van der Waals surface area contributed by atoms with Crippen LogP contribution in [0, 0.1) is 11.8 Å². The van der Waals surface area contributed by atoms with Gasteiger partial charge >= 0.3 is 0 Å². The zero-order valence-corrected chi connectivity index (χ0v) is 27.0. The highest BCUT2D eigenvalue weighted by Crippen LogP contribution is 2.37. The van der Waals surface area contributed by atoms with Gasteiger partial charge in [-0.1, -0.05) is 90.7 Å². The molecule has 5 rings (SSSR count). The second-order valence-corrected chi connectivity index (χ2v) is 11.9. The Morgan fingerprint density at radius 3 is 2.13 bits per heavy atom. The molecule has 0 saturated carbocycles. The third kappa shape index (κ3) is 10.2. The van der Waals surface area contributed by atoms with Crippen molar-refractivity contribution in [3.63, 3.8) is 0 Å². The van der Waals surface area contributed by atoms with E-state index in [-0.39, 0.29) is 18.6 Å². The van der Waals surface area contributed by atoms with E-state index in [1.54, 1.807) is 7.11 Å². The van der Waals surface area contributed by atoms with Gasteiger partial charge in [-0.25, -0.2) is 0 Å². The van der Waals surface area contributed by atoms with Crippen LogP contribution >= 0.6 is 0 Å². The highest BCUT2D eigenvalue weighted by molar-refractivity contribution is 5.26. The Labute approximate surface area is 278 Å². The molecule has 8 heteroatoms. The van der Waals surface area contributed by atoms with E-state index >= 15 is 0 Å². The number of fused-ring (bicyclic) bond motifs is 1. The van der Waals surface area contributed by atoms with Crippen LogP contribution in [-0.4, -0.2) is 72.8 Å². The summed E-state index contributed by atoms with van der Waals surface area (Å²) in [5.41, 5.74) is 3.11. The molecule has 2 aliphatic heterocycles. The number of aliphatic hydroxyl groups excluding tert-OH is 2. The van der Waals surface area contributed by atoms with Crippen molar-refractivity contribution in [3.05, 3.63) is 114 Å². The maximum absolute atomic E-state index is 11.1. The average Bonchev–Trinajstić information content (AvgIpc) is 3.10. The van der Waals surface area contributed by atoms with Gasteiger partial charge in [0.2, 0.25) is 0 Å². The van der Waals surface area contributed by atoms with E-state index in [2.05, 4.69) is 18.4 Å². The summed E-state index contributed by atoms with van der Waals surface area (Å²) in [7, 11) is 1.63.